The molecule has 0 bridgehead atoms. The summed E-state index contributed by atoms with van der Waals surface area (Å²) in [6, 6.07) is 13.0. The maximum Gasteiger partial charge on any atom is 0.242 e. The lowest BCUT2D eigenvalue weighted by Crippen LogP contribution is -2.47. The van der Waals surface area contributed by atoms with Crippen molar-refractivity contribution in [1.82, 2.24) is 39.6 Å². The van der Waals surface area contributed by atoms with Crippen LogP contribution in [0, 0.1) is 69.0 Å². The molecule has 0 spiro atoms. The molecule has 2 N–H and O–H groups in total. The van der Waals surface area contributed by atoms with Gasteiger partial charge in [0.25, 0.3) is 0 Å². The molecule has 24 nitrogen and oxygen atoms in total. The molecule has 4 aliphatic heterocycles. The molecule has 0 unspecified atom stereocenters. The number of carbonyl (C=O) groups excluding carboxylic acids is 8. The van der Waals surface area contributed by atoms with E-state index in [9.17, 15) is 55.2 Å². The van der Waals surface area contributed by atoms with Gasteiger partial charge in [0.15, 0.2) is 11.6 Å². The average molecular weight is 1530 g/mol. The quantitative estimate of drug-likeness (QED) is 0.0776. The zero-order valence-electron chi connectivity index (χ0n) is 65.0. The van der Waals surface area contributed by atoms with Crippen molar-refractivity contribution in [3.05, 3.63) is 72.8 Å². The van der Waals surface area contributed by atoms with Crippen molar-refractivity contribution in [2.45, 2.75) is 246 Å². The zero-order chi connectivity index (χ0) is 78.0. The predicted octanol–water partition coefficient (Wildman–Crippen LogP) is 11.9. The first-order valence-electron chi connectivity index (χ1n) is 39.3. The van der Waals surface area contributed by atoms with E-state index in [4.69, 9.17) is 18.9 Å². The lowest BCUT2D eigenvalue weighted by Gasteiger charge is -2.32. The van der Waals surface area contributed by atoms with Crippen LogP contribution < -0.4 is 28.4 Å². The lowest BCUT2D eigenvalue weighted by molar-refractivity contribution is -0.145. The van der Waals surface area contributed by atoms with Crippen LogP contribution in [0.3, 0.4) is 0 Å². The first kappa shape index (κ1) is 81.3. The van der Waals surface area contributed by atoms with E-state index in [0.717, 1.165) is 38.5 Å². The molecule has 2 aromatic carbocycles. The Morgan fingerprint density at radius 3 is 1.19 bits per heavy atom. The number of ether oxygens (including phenoxy) is 4. The molecule has 4 amide bonds. The Balaban J connectivity index is 0.000000215. The van der Waals surface area contributed by atoms with Gasteiger partial charge in [-0.2, -0.15) is 0 Å². The Morgan fingerprint density at radius 2 is 0.852 bits per heavy atom. The van der Waals surface area contributed by atoms with Crippen LogP contribution in [0.25, 0.3) is 21.5 Å². The SMILES string of the molecule is CCOc1nnc(O[C@@H]2C[C@H]3C(=O)C[C@]4(C(=O)NS(=O)(=O)C5CC5)C[C@H]4/C=C\CC[C@@H](C)C[C@@H](C)[C@H](CC(=O)CC(C)(C)C)C(=O)N3C2)c2ccccc12.CCOc1nnc(O[C@@H]2C[C@H]3C(=O)C[C@]4(C(=O)NS(=O)(=O)C5CC5)C[C@H]4/C=C\CC[C@H](C)C[C@@H](C)[C@H](CC(=O)CC(C)(C)C)C(=O)N3C2)c2ccccc12. The number of sulfonamides is 2. The van der Waals surface area contributed by atoms with E-state index in [1.807, 2.05) is 142 Å². The highest BCUT2D eigenvalue weighted by Crippen LogP contribution is 2.59. The second-order valence-corrected chi connectivity index (χ2v) is 38.9. The highest BCUT2D eigenvalue weighted by Gasteiger charge is 2.63. The minimum absolute atomic E-state index is 0.000488. The van der Waals surface area contributed by atoms with E-state index in [0.29, 0.717) is 97.9 Å². The summed E-state index contributed by atoms with van der Waals surface area (Å²) in [5.41, 5.74) is -2.97. The Hall–Kier alpha value is -7.74. The van der Waals surface area contributed by atoms with Gasteiger partial charge in [0.1, 0.15) is 23.8 Å². The summed E-state index contributed by atoms with van der Waals surface area (Å²) in [6.45, 7) is 25.0. The Labute approximate surface area is 636 Å². The number of nitrogens with one attached hydrogen (secondary N) is 2. The van der Waals surface area contributed by atoms with Gasteiger partial charge >= 0.3 is 0 Å². The van der Waals surface area contributed by atoms with E-state index in [2.05, 4.69) is 43.7 Å². The fourth-order valence-corrected chi connectivity index (χ4v) is 19.6. The number of ketones is 4. The predicted molar refractivity (Wildman–Crippen MR) is 408 cm³/mol. The summed E-state index contributed by atoms with van der Waals surface area (Å²) < 4.78 is 80.6. The van der Waals surface area contributed by atoms with Crippen LogP contribution in [0.15, 0.2) is 72.8 Å². The molecule has 12 rings (SSSR count). The molecular formula is C82H112N8O16S2. The smallest absolute Gasteiger partial charge is 0.242 e. The minimum atomic E-state index is -3.84. The number of amides is 4. The number of benzene rings is 2. The topological polar surface area (TPSA) is 324 Å². The number of Topliss-reactive ketones (excluding diaryl/α,β-unsaturated/α-hetero) is 4. The lowest BCUT2D eigenvalue weighted by atomic mass is 9.79. The molecule has 8 aliphatic rings. The van der Waals surface area contributed by atoms with Crippen molar-refractivity contribution in [2.75, 3.05) is 26.3 Å². The molecule has 2 aromatic heterocycles. The molecule has 0 radical (unpaired) electrons. The number of carbonyl (C=O) groups is 8. The Morgan fingerprint density at radius 1 is 0.509 bits per heavy atom. The average Bonchev–Trinajstić information content (AvgIpc) is 1.57. The van der Waals surface area contributed by atoms with Crippen LogP contribution in [0.1, 0.15) is 212 Å². The van der Waals surface area contributed by atoms with Gasteiger partial charge in [0.2, 0.25) is 67.2 Å². The van der Waals surface area contributed by atoms with Crippen LogP contribution >= 0.6 is 0 Å². The monoisotopic (exact) mass is 1530 g/mol. The molecule has 108 heavy (non-hydrogen) atoms. The largest absolute Gasteiger partial charge is 0.476 e. The van der Waals surface area contributed by atoms with Crippen molar-refractivity contribution in [2.24, 2.45) is 69.0 Å². The van der Waals surface area contributed by atoms with E-state index in [1.54, 1.807) is 9.80 Å². The first-order valence-corrected chi connectivity index (χ1v) is 42.4. The van der Waals surface area contributed by atoms with Crippen LogP contribution in [0.4, 0.5) is 0 Å². The fourth-order valence-electron chi connectivity index (χ4n) is 16.9. The van der Waals surface area contributed by atoms with Gasteiger partial charge in [-0.1, -0.05) is 118 Å². The van der Waals surface area contributed by atoms with Crippen LogP contribution in [0.5, 0.6) is 23.5 Å². The summed E-state index contributed by atoms with van der Waals surface area (Å²) in [6.07, 6.45) is 14.6. The van der Waals surface area contributed by atoms with Crippen molar-refractivity contribution in [3.8, 4) is 23.5 Å². The third-order valence-electron chi connectivity index (χ3n) is 23.0. The number of nitrogens with zero attached hydrogens (tertiary/aromatic N) is 6. The van der Waals surface area contributed by atoms with Gasteiger partial charge in [-0.25, -0.2) is 16.8 Å². The number of allylic oxidation sites excluding steroid dienone is 4. The number of aromatic nitrogens is 4. The maximum atomic E-state index is 14.9. The molecule has 588 valence electrons. The Kier molecular flexibility index (Phi) is 24.9. The van der Waals surface area contributed by atoms with Gasteiger partial charge in [-0.15, -0.1) is 20.4 Å². The number of fused-ring (bicyclic) bond motifs is 6. The molecular weight excluding hydrogens is 1420 g/mol. The second-order valence-electron chi connectivity index (χ2n) is 34.9. The second kappa shape index (κ2) is 33.1. The standard InChI is InChI=1S/2C41H56N4O8S/c2*1-7-52-36-31-14-10-11-15-32(31)37(43-42-36)53-29-20-34-35(47)23-41(39(49)44-54(50,51)30-16-17-30)21-27(41)13-9-8-12-25(2)18-26(3)33(38(48)45(34)24-29)19-28(46)22-40(4,5)6/h2*9-11,13-15,25-27,29-30,33-34H,7-8,12,16-24H2,1-6H3,(H,44,49)/b2*13-9-/t25-,26+,27+,29+,33-,34-,41+;25-,26-,27-,29-,33+,34+,41-/m01/s1. The molecule has 6 heterocycles. The third-order valence-corrected chi connectivity index (χ3v) is 26.7. The van der Waals surface area contributed by atoms with Crippen LogP contribution in [-0.2, 0) is 58.4 Å². The molecule has 26 heteroatoms. The molecule has 4 aromatic rings. The summed E-state index contributed by atoms with van der Waals surface area (Å²) in [5.74, 6) is -3.00. The highest BCUT2D eigenvalue weighted by atomic mass is 32.2. The number of hydrogen-bond acceptors (Lipinski definition) is 20. The summed E-state index contributed by atoms with van der Waals surface area (Å²) in [7, 11) is -7.69. The van der Waals surface area contributed by atoms with Crippen LogP contribution in [-0.4, -0.2) is 155 Å². The van der Waals surface area contributed by atoms with Crippen molar-refractivity contribution < 1.29 is 74.1 Å². The van der Waals surface area contributed by atoms with Gasteiger partial charge in [0.05, 0.1) is 81.3 Å². The molecule has 4 saturated carbocycles. The first-order chi connectivity index (χ1) is 51.0. The summed E-state index contributed by atoms with van der Waals surface area (Å²) in [4.78, 5) is 117. The van der Waals surface area contributed by atoms with Crippen LogP contribution in [0.2, 0.25) is 0 Å². The van der Waals surface area contributed by atoms with E-state index in [1.165, 1.54) is 0 Å². The van der Waals surface area contributed by atoms with Crippen molar-refractivity contribution in [3.63, 3.8) is 0 Å². The van der Waals surface area contributed by atoms with Gasteiger partial charge in [0, 0.05) is 63.2 Å². The van der Waals surface area contributed by atoms with Gasteiger partial charge in [-0.05, 0) is 162 Å². The highest BCUT2D eigenvalue weighted by molar-refractivity contribution is 7.91. The number of hydrogen-bond donors (Lipinski definition) is 2. The van der Waals surface area contributed by atoms with E-state index < -0.39 is 89.3 Å². The van der Waals surface area contributed by atoms with E-state index >= 15 is 0 Å². The van der Waals surface area contributed by atoms with Crippen molar-refractivity contribution >= 4 is 88.4 Å². The minimum Gasteiger partial charge on any atom is -0.476 e. The molecule has 14 atom stereocenters. The Bertz CT molecular complexity index is 4080. The fraction of sp³-hybridized carbons (Fsp3) is 0.659. The van der Waals surface area contributed by atoms with Gasteiger partial charge < -0.3 is 28.7 Å². The third kappa shape index (κ3) is 19.5. The molecule has 4 aliphatic carbocycles. The molecule has 2 saturated heterocycles. The van der Waals surface area contributed by atoms with Gasteiger partial charge in [-0.3, -0.25) is 47.8 Å². The van der Waals surface area contributed by atoms with E-state index in [-0.39, 0.29) is 145 Å². The normalized spacial score (nSPS) is 30.1. The van der Waals surface area contributed by atoms with Crippen molar-refractivity contribution in [1.29, 1.82) is 0 Å². The summed E-state index contributed by atoms with van der Waals surface area (Å²) in [5, 5.41) is 18.8. The zero-order valence-corrected chi connectivity index (χ0v) is 66.6. The summed E-state index contributed by atoms with van der Waals surface area (Å²) >= 11 is 0. The maximum absolute atomic E-state index is 14.9. The number of rotatable bonds is 20. The molecule has 6 fully saturated rings.